The summed E-state index contributed by atoms with van der Waals surface area (Å²) in [7, 11) is 1.62. The lowest BCUT2D eigenvalue weighted by Crippen LogP contribution is -2.41. The average molecular weight is 440 g/mol. The Morgan fingerprint density at radius 3 is 2.39 bits per heavy atom. The van der Waals surface area contributed by atoms with Crippen LogP contribution < -0.4 is 9.64 Å². The maximum atomic E-state index is 13.6. The minimum Gasteiger partial charge on any atom is -0.497 e. The number of nitrogens with zero attached hydrogens (tertiary/aromatic N) is 2. The minimum absolute atomic E-state index is 0.190. The van der Waals surface area contributed by atoms with Crippen molar-refractivity contribution in [3.8, 4) is 17.2 Å². The maximum absolute atomic E-state index is 13.6. The van der Waals surface area contributed by atoms with E-state index < -0.39 is 11.5 Å². The molecule has 1 atom stereocenters. The molecule has 1 aliphatic heterocycles. The molecular weight excluding hydrogens is 416 g/mol. The highest BCUT2D eigenvalue weighted by Crippen LogP contribution is 2.45. The monoisotopic (exact) mass is 440 g/mol. The largest absolute Gasteiger partial charge is 0.497 e. The fourth-order valence-corrected chi connectivity index (χ4v) is 4.25. The van der Waals surface area contributed by atoms with Crippen LogP contribution in [0.4, 0.5) is 5.69 Å². The predicted molar refractivity (Wildman–Crippen MR) is 125 cm³/mol. The molecule has 0 bridgehead atoms. The quantitative estimate of drug-likeness (QED) is 0.485. The van der Waals surface area contributed by atoms with E-state index in [2.05, 4.69) is 4.98 Å². The van der Waals surface area contributed by atoms with Gasteiger partial charge in [-0.1, -0.05) is 48.0 Å². The lowest BCUT2D eigenvalue weighted by Gasteiger charge is -2.23. The normalized spacial score (nSPS) is 17.3. The van der Waals surface area contributed by atoms with Gasteiger partial charge < -0.3 is 19.2 Å². The van der Waals surface area contributed by atoms with Gasteiger partial charge in [-0.15, -0.1) is 0 Å². The van der Waals surface area contributed by atoms with Crippen molar-refractivity contribution in [2.75, 3.05) is 12.0 Å². The van der Waals surface area contributed by atoms with E-state index in [0.29, 0.717) is 34.2 Å². The van der Waals surface area contributed by atoms with Gasteiger partial charge in [-0.3, -0.25) is 4.79 Å². The number of fused-ring (bicyclic) bond motifs is 1. The number of carbonyl (C=O) groups is 1. The third-order valence-electron chi connectivity index (χ3n) is 6.15. The van der Waals surface area contributed by atoms with Gasteiger partial charge in [-0.05, 0) is 49.7 Å². The van der Waals surface area contributed by atoms with Crippen molar-refractivity contribution < 1.29 is 19.1 Å². The van der Waals surface area contributed by atoms with Crippen LogP contribution in [0.25, 0.3) is 11.5 Å². The Morgan fingerprint density at radius 1 is 1.00 bits per heavy atom. The summed E-state index contributed by atoms with van der Waals surface area (Å²) in [4.78, 5) is 19.9. The van der Waals surface area contributed by atoms with Crippen LogP contribution in [0.5, 0.6) is 5.75 Å². The molecule has 1 aromatic heterocycles. The number of oxazole rings is 1. The third-order valence-corrected chi connectivity index (χ3v) is 6.15. The van der Waals surface area contributed by atoms with Crippen molar-refractivity contribution >= 4 is 11.6 Å². The van der Waals surface area contributed by atoms with Crippen LogP contribution in [0, 0.1) is 13.8 Å². The van der Waals surface area contributed by atoms with Gasteiger partial charge in [-0.2, -0.15) is 0 Å². The second kappa shape index (κ2) is 7.90. The maximum Gasteiger partial charge on any atom is 0.268 e. The van der Waals surface area contributed by atoms with Gasteiger partial charge in [0, 0.05) is 11.1 Å². The van der Waals surface area contributed by atoms with Crippen LogP contribution in [0.2, 0.25) is 0 Å². The molecular formula is C27H24N2O4. The number of benzene rings is 3. The van der Waals surface area contributed by atoms with E-state index in [1.165, 1.54) is 0 Å². The lowest BCUT2D eigenvalue weighted by atomic mass is 9.87. The van der Waals surface area contributed by atoms with Crippen molar-refractivity contribution in [2.24, 2.45) is 0 Å². The van der Waals surface area contributed by atoms with Gasteiger partial charge in [0.25, 0.3) is 5.91 Å². The number of ether oxygens (including phenoxy) is 1. The molecule has 0 saturated heterocycles. The van der Waals surface area contributed by atoms with Gasteiger partial charge in [0.1, 0.15) is 17.2 Å². The van der Waals surface area contributed by atoms with E-state index >= 15 is 0 Å². The Hall–Kier alpha value is -3.90. The topological polar surface area (TPSA) is 75.8 Å². The molecule has 1 aliphatic rings. The highest BCUT2D eigenvalue weighted by atomic mass is 16.5. The van der Waals surface area contributed by atoms with E-state index in [1.54, 1.807) is 30.2 Å². The Balaban J connectivity index is 1.51. The number of aliphatic hydroxyl groups is 1. The second-order valence-electron chi connectivity index (χ2n) is 8.24. The predicted octanol–water partition coefficient (Wildman–Crippen LogP) is 4.75. The Bertz CT molecular complexity index is 1330. The van der Waals surface area contributed by atoms with E-state index in [9.17, 15) is 9.90 Å². The van der Waals surface area contributed by atoms with Crippen molar-refractivity contribution in [3.63, 3.8) is 0 Å². The summed E-state index contributed by atoms with van der Waals surface area (Å²) in [6.45, 7) is 3.99. The number of hydrogen-bond donors (Lipinski definition) is 1. The summed E-state index contributed by atoms with van der Waals surface area (Å²) >= 11 is 0. The zero-order chi connectivity index (χ0) is 23.2. The first-order chi connectivity index (χ1) is 15.9. The summed E-state index contributed by atoms with van der Waals surface area (Å²) in [6, 6.07) is 22.2. The zero-order valence-electron chi connectivity index (χ0n) is 18.7. The van der Waals surface area contributed by atoms with E-state index in [4.69, 9.17) is 9.15 Å². The van der Waals surface area contributed by atoms with Gasteiger partial charge in [0.05, 0.1) is 19.3 Å². The number of carbonyl (C=O) groups excluding carboxylic acids is 1. The molecule has 1 amide bonds. The van der Waals surface area contributed by atoms with E-state index in [-0.39, 0.29) is 6.54 Å². The van der Waals surface area contributed by atoms with Crippen molar-refractivity contribution in [2.45, 2.75) is 26.0 Å². The Labute approximate surface area is 192 Å². The zero-order valence-corrected chi connectivity index (χ0v) is 18.7. The number of amides is 1. The first kappa shape index (κ1) is 21.0. The first-order valence-corrected chi connectivity index (χ1v) is 10.7. The van der Waals surface area contributed by atoms with Crippen LogP contribution in [-0.2, 0) is 16.9 Å². The molecule has 1 unspecified atom stereocenters. The molecule has 33 heavy (non-hydrogen) atoms. The molecule has 166 valence electrons. The fourth-order valence-electron chi connectivity index (χ4n) is 4.25. The van der Waals surface area contributed by atoms with Gasteiger partial charge in [0.15, 0.2) is 5.60 Å². The van der Waals surface area contributed by atoms with E-state index in [1.807, 2.05) is 68.4 Å². The van der Waals surface area contributed by atoms with Gasteiger partial charge in [0.2, 0.25) is 5.89 Å². The first-order valence-electron chi connectivity index (χ1n) is 10.7. The van der Waals surface area contributed by atoms with Crippen molar-refractivity contribution in [1.82, 2.24) is 4.98 Å². The summed E-state index contributed by atoms with van der Waals surface area (Å²) < 4.78 is 11.1. The molecule has 2 heterocycles. The number of aromatic nitrogens is 1. The van der Waals surface area contributed by atoms with Crippen molar-refractivity contribution in [3.05, 3.63) is 101 Å². The number of methoxy groups -OCH3 is 1. The molecule has 0 aliphatic carbocycles. The highest BCUT2D eigenvalue weighted by Gasteiger charge is 2.51. The Kier molecular flexibility index (Phi) is 5.02. The van der Waals surface area contributed by atoms with Crippen LogP contribution >= 0.6 is 0 Å². The fraction of sp³-hybridized carbons (Fsp3) is 0.185. The molecule has 3 aromatic carbocycles. The average Bonchev–Trinajstić information content (AvgIpc) is 3.31. The van der Waals surface area contributed by atoms with Crippen LogP contribution in [0.15, 0.2) is 77.2 Å². The molecule has 5 rings (SSSR count). The molecule has 6 nitrogen and oxygen atoms in total. The SMILES string of the molecule is COc1ccc(-c2nc(CN3C(=O)C(O)(c4ccc(C)cc4)c4ccccc43)c(C)o2)cc1. The summed E-state index contributed by atoms with van der Waals surface area (Å²) in [5, 5.41) is 11.7. The van der Waals surface area contributed by atoms with Gasteiger partial charge >= 0.3 is 0 Å². The van der Waals surface area contributed by atoms with Crippen LogP contribution in [0.1, 0.15) is 28.1 Å². The Morgan fingerprint density at radius 2 is 1.70 bits per heavy atom. The molecule has 0 fully saturated rings. The second-order valence-corrected chi connectivity index (χ2v) is 8.24. The van der Waals surface area contributed by atoms with Gasteiger partial charge in [-0.25, -0.2) is 4.98 Å². The molecule has 1 N–H and O–H groups in total. The number of para-hydroxylation sites is 1. The third kappa shape index (κ3) is 3.39. The van der Waals surface area contributed by atoms with Crippen LogP contribution in [-0.4, -0.2) is 23.1 Å². The summed E-state index contributed by atoms with van der Waals surface area (Å²) in [5.74, 6) is 1.44. The number of anilines is 1. The van der Waals surface area contributed by atoms with Crippen molar-refractivity contribution in [1.29, 1.82) is 0 Å². The van der Waals surface area contributed by atoms with E-state index in [0.717, 1.165) is 16.9 Å². The summed E-state index contributed by atoms with van der Waals surface area (Å²) in [6.07, 6.45) is 0. The number of aryl methyl sites for hydroxylation is 2. The molecule has 0 saturated carbocycles. The molecule has 6 heteroatoms. The number of hydrogen-bond acceptors (Lipinski definition) is 5. The summed E-state index contributed by atoms with van der Waals surface area (Å²) in [5.41, 5.74) is 2.54. The smallest absolute Gasteiger partial charge is 0.268 e. The molecule has 4 aromatic rings. The number of rotatable bonds is 5. The van der Waals surface area contributed by atoms with Crippen LogP contribution in [0.3, 0.4) is 0 Å². The molecule has 0 spiro atoms. The highest BCUT2D eigenvalue weighted by molar-refractivity contribution is 6.09. The minimum atomic E-state index is -1.75. The standard InChI is InChI=1S/C27H24N2O4/c1-17-8-12-20(13-9-17)27(31)22-6-4-5-7-24(22)29(26(27)30)16-23-18(2)33-25(28-23)19-10-14-21(32-3)15-11-19/h4-15,31H,16H2,1-3H3. The molecule has 0 radical (unpaired) electrons. The lowest BCUT2D eigenvalue weighted by molar-refractivity contribution is -0.132.